The fraction of sp³-hybridized carbons (Fsp3) is 0.375. The van der Waals surface area contributed by atoms with E-state index in [0.29, 0.717) is 0 Å². The normalized spacial score (nSPS) is 10.4. The van der Waals surface area contributed by atoms with Gasteiger partial charge in [-0.25, -0.2) is 0 Å². The number of rotatable bonds is 2. The van der Waals surface area contributed by atoms with E-state index in [0.717, 1.165) is 13.1 Å². The Balaban J connectivity index is 0. The van der Waals surface area contributed by atoms with Crippen molar-refractivity contribution in [1.82, 2.24) is 5.32 Å². The van der Waals surface area contributed by atoms with Crippen molar-refractivity contribution in [2.45, 2.75) is 0 Å². The number of hydrogen-bond donors (Lipinski definition) is 2. The van der Waals surface area contributed by atoms with E-state index >= 15 is 0 Å². The zero-order chi connectivity index (χ0) is 13.1. The van der Waals surface area contributed by atoms with Gasteiger partial charge in [0.05, 0.1) is 0 Å². The molecular formula is C8H10FeN7. The van der Waals surface area contributed by atoms with Gasteiger partial charge in [-0.2, -0.15) is 0 Å². The quantitative estimate of drug-likeness (QED) is 0.617. The molecule has 0 aliphatic heterocycles. The van der Waals surface area contributed by atoms with Crippen LogP contribution in [-0.4, -0.2) is 20.1 Å². The van der Waals surface area contributed by atoms with Crippen molar-refractivity contribution in [1.29, 1.82) is 26.3 Å². The van der Waals surface area contributed by atoms with E-state index in [1.54, 1.807) is 0 Å². The topological polar surface area (TPSA) is 157 Å². The van der Waals surface area contributed by atoms with Gasteiger partial charge in [0.2, 0.25) is 0 Å². The zero-order valence-corrected chi connectivity index (χ0v) is 9.69. The van der Waals surface area contributed by atoms with E-state index in [2.05, 4.69) is 5.32 Å². The van der Waals surface area contributed by atoms with Crippen molar-refractivity contribution < 1.29 is 11.8 Å². The van der Waals surface area contributed by atoms with E-state index < -0.39 is 11.8 Å². The molecule has 0 bridgehead atoms. The van der Waals surface area contributed by atoms with E-state index in [4.69, 9.17) is 32.0 Å². The third-order valence-electron chi connectivity index (χ3n) is 1.18. The molecule has 16 heavy (non-hydrogen) atoms. The number of hydrogen-bond acceptors (Lipinski definition) is 7. The molecule has 0 spiro atoms. The number of nitriles is 5. The third kappa shape index (κ3) is 3.56. The summed E-state index contributed by atoms with van der Waals surface area (Å²) in [7, 11) is 1.88. The fourth-order valence-corrected chi connectivity index (χ4v) is 0.873. The maximum atomic E-state index is 8.35. The summed E-state index contributed by atoms with van der Waals surface area (Å²) in [5.74, 6) is 0. The molecule has 0 radical (unpaired) electrons. The van der Waals surface area contributed by atoms with E-state index in [-0.39, 0.29) is 0 Å². The van der Waals surface area contributed by atoms with Gasteiger partial charge in [0.1, 0.15) is 0 Å². The van der Waals surface area contributed by atoms with E-state index in [1.165, 1.54) is 24.8 Å². The Hall–Kier alpha value is -2.11. The minimum atomic E-state index is -4.78. The van der Waals surface area contributed by atoms with Gasteiger partial charge in [-0.15, -0.1) is 0 Å². The number of nitrogens with zero attached hydrogens (tertiary/aromatic N) is 5. The maximum absolute atomic E-state index is 8.35. The summed E-state index contributed by atoms with van der Waals surface area (Å²) < 4.78 is 0. The van der Waals surface area contributed by atoms with Crippen LogP contribution >= 0.6 is 0 Å². The molecule has 0 rings (SSSR count). The summed E-state index contributed by atoms with van der Waals surface area (Å²) in [6.45, 7) is 1.65. The molecule has 0 atom stereocenters. The van der Waals surface area contributed by atoms with Gasteiger partial charge in [0, 0.05) is 13.1 Å². The van der Waals surface area contributed by atoms with Crippen LogP contribution in [0.25, 0.3) is 0 Å². The molecule has 0 saturated heterocycles. The Morgan fingerprint density at radius 2 is 1.25 bits per heavy atom. The predicted octanol–water partition coefficient (Wildman–Crippen LogP) is -0.754. The van der Waals surface area contributed by atoms with Crippen molar-refractivity contribution in [3.8, 4) is 24.8 Å². The summed E-state index contributed by atoms with van der Waals surface area (Å²) in [6, 6.07) is 0. The second kappa shape index (κ2) is 7.22. The molecule has 0 fully saturated rings. The summed E-state index contributed by atoms with van der Waals surface area (Å²) in [5, 5.41) is 44.6. The predicted molar refractivity (Wildman–Crippen MR) is 51.0 cm³/mol. The van der Waals surface area contributed by atoms with Crippen LogP contribution in [0.1, 0.15) is 0 Å². The van der Waals surface area contributed by atoms with Crippen molar-refractivity contribution >= 4 is 0 Å². The molecule has 85 valence electrons. The second-order valence-corrected chi connectivity index (χ2v) is 6.17. The van der Waals surface area contributed by atoms with Gasteiger partial charge >= 0.3 is 62.9 Å². The van der Waals surface area contributed by atoms with Crippen molar-refractivity contribution in [2.24, 2.45) is 5.73 Å². The summed E-state index contributed by atoms with van der Waals surface area (Å²) in [5.41, 5.74) is 5.08. The van der Waals surface area contributed by atoms with Gasteiger partial charge in [-0.1, -0.05) is 0 Å². The molecule has 0 aromatic heterocycles. The third-order valence-corrected chi connectivity index (χ3v) is 3.65. The van der Waals surface area contributed by atoms with Crippen LogP contribution in [0.2, 0.25) is 0 Å². The average Bonchev–Trinajstić information content (AvgIpc) is 2.36. The van der Waals surface area contributed by atoms with Crippen molar-refractivity contribution in [3.05, 3.63) is 0 Å². The molecule has 0 aromatic rings. The first-order valence-electron chi connectivity index (χ1n) is 3.76. The average molecular weight is 260 g/mol. The van der Waals surface area contributed by atoms with Crippen LogP contribution in [0, 0.1) is 51.1 Å². The summed E-state index contributed by atoms with van der Waals surface area (Å²) in [6.07, 6.45) is 0. The Bertz CT molecular complexity index is 335. The molecule has 0 unspecified atom stereocenters. The summed E-state index contributed by atoms with van der Waals surface area (Å²) >= 11 is -4.78. The number of nitrogens with one attached hydrogen (secondary N) is 1. The van der Waals surface area contributed by atoms with Crippen molar-refractivity contribution in [3.63, 3.8) is 0 Å². The van der Waals surface area contributed by atoms with Gasteiger partial charge in [-0.05, 0) is 7.05 Å². The van der Waals surface area contributed by atoms with Crippen molar-refractivity contribution in [2.75, 3.05) is 20.1 Å². The second-order valence-electron chi connectivity index (χ2n) is 2.17. The molecule has 0 aliphatic carbocycles. The molecule has 0 amide bonds. The Labute approximate surface area is 94.5 Å². The molecule has 3 N–H and O–H groups in total. The first kappa shape index (κ1) is 16.3. The van der Waals surface area contributed by atoms with Crippen LogP contribution in [0.4, 0.5) is 0 Å². The van der Waals surface area contributed by atoms with Gasteiger partial charge in [0.25, 0.3) is 0 Å². The molecule has 0 aromatic carbocycles. The van der Waals surface area contributed by atoms with Gasteiger partial charge in [-0.3, -0.25) is 0 Å². The van der Waals surface area contributed by atoms with Crippen LogP contribution in [0.15, 0.2) is 0 Å². The minimum absolute atomic E-state index is 0.733. The standard InChI is InChI=1S/C3H10N2.5CN.Fe/c1-5-3-2-4;5*1-2;/h5H,2-4H2,1H3;;;;;;. The first-order chi connectivity index (χ1) is 7.53. The van der Waals surface area contributed by atoms with Crippen LogP contribution in [-0.2, 0) is 11.8 Å². The molecular weight excluding hydrogens is 250 g/mol. The van der Waals surface area contributed by atoms with E-state index in [9.17, 15) is 0 Å². The van der Waals surface area contributed by atoms with Crippen LogP contribution < -0.4 is 11.1 Å². The SMILES string of the molecule is CNCCN.N#[C][Fe]([C]#N)([C]#N)([C]#N)[C]#N. The fourth-order valence-electron chi connectivity index (χ4n) is 0.321. The number of nitrogens with two attached hydrogens (primary N) is 1. The molecule has 0 saturated carbocycles. The van der Waals surface area contributed by atoms with Gasteiger partial charge in [0.15, 0.2) is 0 Å². The monoisotopic (exact) mass is 260 g/mol. The Morgan fingerprint density at radius 3 is 1.25 bits per heavy atom. The Morgan fingerprint density at radius 1 is 0.938 bits per heavy atom. The van der Waals surface area contributed by atoms with Gasteiger partial charge < -0.3 is 11.1 Å². The molecule has 0 aliphatic rings. The first-order valence-corrected chi connectivity index (χ1v) is 6.52. The van der Waals surface area contributed by atoms with E-state index in [1.807, 2.05) is 7.05 Å². The van der Waals surface area contributed by atoms with Crippen LogP contribution in [0.3, 0.4) is 0 Å². The van der Waals surface area contributed by atoms with Crippen LogP contribution in [0.5, 0.6) is 0 Å². The molecule has 8 heteroatoms. The summed E-state index contributed by atoms with van der Waals surface area (Å²) in [4.78, 5) is 6.12. The molecule has 0 heterocycles. The number of likely N-dealkylation sites (N-methyl/N-ethyl adjacent to an activating group) is 1. The molecule has 7 nitrogen and oxygen atoms in total. The zero-order valence-electron chi connectivity index (χ0n) is 8.58. The Kier molecular flexibility index (Phi) is 7.36.